The van der Waals surface area contributed by atoms with Gasteiger partial charge in [0.2, 0.25) is 0 Å². The molecule has 0 aliphatic carbocycles. The molecule has 0 saturated carbocycles. The minimum Gasteiger partial charge on any atom is -0.346 e. The molecule has 2 aromatic rings. The van der Waals surface area contributed by atoms with Crippen LogP contribution in [-0.4, -0.2) is 10.6 Å². The van der Waals surface area contributed by atoms with Crippen LogP contribution in [0.2, 0.25) is 5.02 Å². The Morgan fingerprint density at radius 2 is 2.06 bits per heavy atom. The lowest BCUT2D eigenvalue weighted by Crippen LogP contribution is -2.23. The molecule has 1 heterocycles. The summed E-state index contributed by atoms with van der Waals surface area (Å²) < 4.78 is 2.25. The topological polar surface area (TPSA) is 17.0 Å². The van der Waals surface area contributed by atoms with Crippen LogP contribution >= 0.6 is 11.6 Å². The highest BCUT2D eigenvalue weighted by atomic mass is 35.5. The second kappa shape index (κ2) is 4.71. The van der Waals surface area contributed by atoms with Crippen LogP contribution in [0.15, 0.2) is 18.2 Å². The molecule has 17 heavy (non-hydrogen) atoms. The van der Waals surface area contributed by atoms with Gasteiger partial charge in [-0.1, -0.05) is 25.4 Å². The molecule has 0 bridgehead atoms. The molecule has 0 aliphatic heterocycles. The first-order chi connectivity index (χ1) is 8.00. The molecule has 0 atom stereocenters. The molecule has 1 aromatic heterocycles. The van der Waals surface area contributed by atoms with Gasteiger partial charge >= 0.3 is 0 Å². The van der Waals surface area contributed by atoms with Crippen molar-refractivity contribution >= 4 is 22.5 Å². The summed E-state index contributed by atoms with van der Waals surface area (Å²) in [6, 6.07) is 6.58. The van der Waals surface area contributed by atoms with Gasteiger partial charge < -0.3 is 9.88 Å². The Bertz CT molecular complexity index is 541. The molecule has 0 spiro atoms. The number of benzene rings is 1. The van der Waals surface area contributed by atoms with E-state index in [1.54, 1.807) is 0 Å². The first-order valence-corrected chi connectivity index (χ1v) is 6.35. The number of hydrogen-bond donors (Lipinski definition) is 1. The summed E-state index contributed by atoms with van der Waals surface area (Å²) in [5.74, 6) is 0. The largest absolute Gasteiger partial charge is 0.346 e. The zero-order valence-electron chi connectivity index (χ0n) is 10.8. The fraction of sp³-hybridized carbons (Fsp3) is 0.429. The molecule has 0 amide bonds. The lowest BCUT2D eigenvalue weighted by molar-refractivity contribution is 0.571. The Labute approximate surface area is 108 Å². The van der Waals surface area contributed by atoms with Gasteiger partial charge in [0, 0.05) is 41.3 Å². The number of nitrogens with zero attached hydrogens (tertiary/aromatic N) is 1. The Morgan fingerprint density at radius 1 is 1.35 bits per heavy atom. The van der Waals surface area contributed by atoms with Gasteiger partial charge in [-0.05, 0) is 30.7 Å². The molecule has 2 nitrogen and oxygen atoms in total. The molecule has 0 aliphatic rings. The van der Waals surface area contributed by atoms with Gasteiger partial charge in [0.1, 0.15) is 0 Å². The van der Waals surface area contributed by atoms with Crippen LogP contribution in [-0.2, 0) is 13.6 Å². The van der Waals surface area contributed by atoms with Crippen molar-refractivity contribution < 1.29 is 0 Å². The summed E-state index contributed by atoms with van der Waals surface area (Å²) in [6.45, 7) is 7.38. The predicted octanol–water partition coefficient (Wildman–Crippen LogP) is 3.64. The van der Waals surface area contributed by atoms with Gasteiger partial charge in [-0.25, -0.2) is 0 Å². The van der Waals surface area contributed by atoms with Crippen LogP contribution in [0.3, 0.4) is 0 Å². The van der Waals surface area contributed by atoms with E-state index in [-0.39, 0.29) is 0 Å². The van der Waals surface area contributed by atoms with E-state index in [9.17, 15) is 0 Å². The van der Waals surface area contributed by atoms with Crippen LogP contribution < -0.4 is 5.32 Å². The van der Waals surface area contributed by atoms with E-state index in [1.807, 2.05) is 12.1 Å². The summed E-state index contributed by atoms with van der Waals surface area (Å²) in [5, 5.41) is 5.52. The molecular weight excluding hydrogens is 232 g/mol. The maximum Gasteiger partial charge on any atom is 0.0484 e. The van der Waals surface area contributed by atoms with E-state index in [4.69, 9.17) is 11.6 Å². The Kier molecular flexibility index (Phi) is 3.45. The molecule has 3 heteroatoms. The van der Waals surface area contributed by atoms with Crippen molar-refractivity contribution in [3.63, 3.8) is 0 Å². The second-order valence-electron chi connectivity index (χ2n) is 4.83. The monoisotopic (exact) mass is 250 g/mol. The predicted molar refractivity (Wildman–Crippen MR) is 74.6 cm³/mol. The standard InChI is InChI=1S/C14H19ClN2/c1-9(2)16-8-14-10(3)12-7-11(15)5-6-13(12)17(14)4/h5-7,9,16H,8H2,1-4H3. The Balaban J connectivity index is 2.49. The molecule has 0 radical (unpaired) electrons. The van der Waals surface area contributed by atoms with Crippen molar-refractivity contribution in [2.75, 3.05) is 0 Å². The second-order valence-corrected chi connectivity index (χ2v) is 5.26. The van der Waals surface area contributed by atoms with E-state index in [0.29, 0.717) is 6.04 Å². The maximum atomic E-state index is 6.05. The van der Waals surface area contributed by atoms with Crippen molar-refractivity contribution in [3.05, 3.63) is 34.5 Å². The summed E-state index contributed by atoms with van der Waals surface area (Å²) in [4.78, 5) is 0. The minimum absolute atomic E-state index is 0.496. The van der Waals surface area contributed by atoms with Crippen LogP contribution in [0.4, 0.5) is 0 Å². The van der Waals surface area contributed by atoms with E-state index in [0.717, 1.165) is 11.6 Å². The highest BCUT2D eigenvalue weighted by Crippen LogP contribution is 2.27. The molecule has 1 N–H and O–H groups in total. The molecule has 0 saturated heterocycles. The molecule has 2 rings (SSSR count). The zero-order valence-corrected chi connectivity index (χ0v) is 11.6. The van der Waals surface area contributed by atoms with Gasteiger partial charge in [-0.15, -0.1) is 0 Å². The third-order valence-corrected chi connectivity index (χ3v) is 3.47. The van der Waals surface area contributed by atoms with Gasteiger partial charge in [0.05, 0.1) is 0 Å². The lowest BCUT2D eigenvalue weighted by Gasteiger charge is -2.10. The highest BCUT2D eigenvalue weighted by Gasteiger charge is 2.11. The SMILES string of the molecule is Cc1c(CNC(C)C)n(C)c2ccc(Cl)cc12. The van der Waals surface area contributed by atoms with Crippen molar-refractivity contribution in [2.45, 2.75) is 33.4 Å². The third-order valence-electron chi connectivity index (χ3n) is 3.24. The smallest absolute Gasteiger partial charge is 0.0484 e. The van der Waals surface area contributed by atoms with Crippen LogP contribution in [0.25, 0.3) is 10.9 Å². The number of rotatable bonds is 3. The maximum absolute atomic E-state index is 6.05. The van der Waals surface area contributed by atoms with Gasteiger partial charge in [0.25, 0.3) is 0 Å². The highest BCUT2D eigenvalue weighted by molar-refractivity contribution is 6.31. The minimum atomic E-state index is 0.496. The van der Waals surface area contributed by atoms with Crippen LogP contribution in [0, 0.1) is 6.92 Å². The molecule has 0 fully saturated rings. The van der Waals surface area contributed by atoms with Crippen LogP contribution in [0.1, 0.15) is 25.1 Å². The number of nitrogens with one attached hydrogen (secondary N) is 1. The number of fused-ring (bicyclic) bond motifs is 1. The molecule has 1 aromatic carbocycles. The van der Waals surface area contributed by atoms with Crippen molar-refractivity contribution in [1.82, 2.24) is 9.88 Å². The summed E-state index contributed by atoms with van der Waals surface area (Å²) in [7, 11) is 2.11. The third kappa shape index (κ3) is 2.33. The van der Waals surface area contributed by atoms with Gasteiger partial charge in [-0.2, -0.15) is 0 Å². The number of aryl methyl sites for hydroxylation is 2. The van der Waals surface area contributed by atoms with Crippen molar-refractivity contribution in [1.29, 1.82) is 0 Å². The number of halogens is 1. The Hall–Kier alpha value is -0.990. The van der Waals surface area contributed by atoms with E-state index in [2.05, 4.69) is 43.8 Å². The summed E-state index contributed by atoms with van der Waals surface area (Å²) in [6.07, 6.45) is 0. The zero-order chi connectivity index (χ0) is 12.6. The molecule has 92 valence electrons. The first kappa shape index (κ1) is 12.5. The number of hydrogen-bond acceptors (Lipinski definition) is 1. The van der Waals surface area contributed by atoms with E-state index >= 15 is 0 Å². The average Bonchev–Trinajstić information content (AvgIpc) is 2.49. The van der Waals surface area contributed by atoms with E-state index in [1.165, 1.54) is 22.2 Å². The first-order valence-electron chi connectivity index (χ1n) is 5.97. The normalized spacial score (nSPS) is 11.6. The van der Waals surface area contributed by atoms with E-state index < -0.39 is 0 Å². The van der Waals surface area contributed by atoms with Gasteiger partial charge in [0.15, 0.2) is 0 Å². The Morgan fingerprint density at radius 3 is 2.71 bits per heavy atom. The van der Waals surface area contributed by atoms with Gasteiger partial charge in [-0.3, -0.25) is 0 Å². The van der Waals surface area contributed by atoms with Crippen molar-refractivity contribution in [2.24, 2.45) is 7.05 Å². The van der Waals surface area contributed by atoms with Crippen LogP contribution in [0.5, 0.6) is 0 Å². The fourth-order valence-corrected chi connectivity index (χ4v) is 2.38. The average molecular weight is 251 g/mol. The summed E-state index contributed by atoms with van der Waals surface area (Å²) in [5.41, 5.74) is 3.89. The molecular formula is C14H19ClN2. The molecule has 0 unspecified atom stereocenters. The number of aromatic nitrogens is 1. The summed E-state index contributed by atoms with van der Waals surface area (Å²) >= 11 is 6.05. The van der Waals surface area contributed by atoms with Crippen molar-refractivity contribution in [3.8, 4) is 0 Å². The lowest BCUT2D eigenvalue weighted by atomic mass is 10.1. The quantitative estimate of drug-likeness (QED) is 0.880. The fourth-order valence-electron chi connectivity index (χ4n) is 2.21.